The standard InChI is InChI=1S/C15H13NO2S/c1-12(17)19-11-3-2-4-13-5-7-14(8-6-13)15(18)9-10-16/h5-8H,3,9,11H2,1H3. The number of benzene rings is 1. The van der Waals surface area contributed by atoms with Crippen LogP contribution in [0.15, 0.2) is 24.3 Å². The van der Waals surface area contributed by atoms with Crippen LogP contribution in [0.1, 0.15) is 35.7 Å². The van der Waals surface area contributed by atoms with Crippen LogP contribution in [0.3, 0.4) is 0 Å². The van der Waals surface area contributed by atoms with Gasteiger partial charge in [0.25, 0.3) is 0 Å². The molecule has 1 aromatic carbocycles. The Balaban J connectivity index is 2.53. The maximum absolute atomic E-state index is 11.4. The number of hydrogen-bond donors (Lipinski definition) is 0. The molecule has 1 rings (SSSR count). The molecule has 3 nitrogen and oxygen atoms in total. The average molecular weight is 271 g/mol. The highest BCUT2D eigenvalue weighted by Gasteiger charge is 2.03. The van der Waals surface area contributed by atoms with E-state index in [0.717, 1.165) is 5.56 Å². The molecule has 0 spiro atoms. The van der Waals surface area contributed by atoms with Crippen molar-refractivity contribution < 1.29 is 9.59 Å². The number of carbonyl (C=O) groups excluding carboxylic acids is 2. The molecule has 0 N–H and O–H groups in total. The molecule has 0 bridgehead atoms. The molecule has 0 amide bonds. The predicted octanol–water partition coefficient (Wildman–Crippen LogP) is 2.80. The second-order valence-electron chi connectivity index (χ2n) is 3.73. The van der Waals surface area contributed by atoms with E-state index in [2.05, 4.69) is 11.8 Å². The number of ketones is 1. The van der Waals surface area contributed by atoms with Crippen molar-refractivity contribution in [2.24, 2.45) is 0 Å². The molecule has 19 heavy (non-hydrogen) atoms. The Bertz CT molecular complexity index is 559. The maximum Gasteiger partial charge on any atom is 0.185 e. The van der Waals surface area contributed by atoms with Crippen molar-refractivity contribution in [1.29, 1.82) is 5.26 Å². The maximum atomic E-state index is 11.4. The van der Waals surface area contributed by atoms with Crippen LogP contribution in [0.4, 0.5) is 0 Å². The van der Waals surface area contributed by atoms with Crippen LogP contribution in [0, 0.1) is 23.2 Å². The SMILES string of the molecule is CC(=O)SCCC#Cc1ccc(C(=O)CC#N)cc1. The predicted molar refractivity (Wildman–Crippen MR) is 75.6 cm³/mol. The summed E-state index contributed by atoms with van der Waals surface area (Å²) in [5, 5.41) is 8.54. The molecular weight excluding hydrogens is 258 g/mol. The van der Waals surface area contributed by atoms with E-state index in [1.165, 1.54) is 18.7 Å². The third-order valence-corrected chi connectivity index (χ3v) is 3.03. The van der Waals surface area contributed by atoms with Gasteiger partial charge in [-0.2, -0.15) is 5.26 Å². The monoisotopic (exact) mass is 271 g/mol. The largest absolute Gasteiger partial charge is 0.293 e. The molecule has 1 aromatic rings. The van der Waals surface area contributed by atoms with Gasteiger partial charge < -0.3 is 0 Å². The molecule has 0 heterocycles. The van der Waals surface area contributed by atoms with E-state index in [9.17, 15) is 9.59 Å². The van der Waals surface area contributed by atoms with Gasteiger partial charge in [-0.1, -0.05) is 35.7 Å². The van der Waals surface area contributed by atoms with Crippen molar-refractivity contribution in [1.82, 2.24) is 0 Å². The van der Waals surface area contributed by atoms with Gasteiger partial charge in [0, 0.05) is 30.2 Å². The summed E-state index contributed by atoms with van der Waals surface area (Å²) in [6.45, 7) is 1.54. The van der Waals surface area contributed by atoms with Gasteiger partial charge in [0.15, 0.2) is 10.9 Å². The molecule has 0 saturated heterocycles. The Labute approximate surface area is 117 Å². The molecular formula is C15H13NO2S. The van der Waals surface area contributed by atoms with E-state index >= 15 is 0 Å². The zero-order valence-corrected chi connectivity index (χ0v) is 11.4. The summed E-state index contributed by atoms with van der Waals surface area (Å²) in [5.41, 5.74) is 1.35. The van der Waals surface area contributed by atoms with Gasteiger partial charge in [-0.15, -0.1) is 0 Å². The Morgan fingerprint density at radius 2 is 1.95 bits per heavy atom. The lowest BCUT2D eigenvalue weighted by molar-refractivity contribution is -0.109. The quantitative estimate of drug-likeness (QED) is 0.480. The fourth-order valence-corrected chi connectivity index (χ4v) is 1.82. The van der Waals surface area contributed by atoms with Gasteiger partial charge in [0.1, 0.15) is 0 Å². The smallest absolute Gasteiger partial charge is 0.185 e. The Kier molecular flexibility index (Phi) is 6.43. The topological polar surface area (TPSA) is 57.9 Å². The summed E-state index contributed by atoms with van der Waals surface area (Å²) < 4.78 is 0. The lowest BCUT2D eigenvalue weighted by Crippen LogP contribution is -1.96. The summed E-state index contributed by atoms with van der Waals surface area (Å²) in [6, 6.07) is 8.70. The molecule has 0 aliphatic heterocycles. The van der Waals surface area contributed by atoms with Gasteiger partial charge in [0.05, 0.1) is 12.5 Å². The molecule has 0 aromatic heterocycles. The highest BCUT2D eigenvalue weighted by Crippen LogP contribution is 2.06. The van der Waals surface area contributed by atoms with E-state index in [1.807, 2.05) is 6.07 Å². The van der Waals surface area contributed by atoms with Crippen molar-refractivity contribution in [2.45, 2.75) is 19.8 Å². The summed E-state index contributed by atoms with van der Waals surface area (Å²) >= 11 is 1.26. The van der Waals surface area contributed by atoms with Crippen LogP contribution in [-0.4, -0.2) is 16.7 Å². The minimum absolute atomic E-state index is 0.0992. The van der Waals surface area contributed by atoms with Crippen molar-refractivity contribution in [3.8, 4) is 17.9 Å². The zero-order chi connectivity index (χ0) is 14.1. The number of nitrogens with zero attached hydrogens (tertiary/aromatic N) is 1. The molecule has 96 valence electrons. The van der Waals surface area contributed by atoms with E-state index in [1.54, 1.807) is 24.3 Å². The van der Waals surface area contributed by atoms with Crippen molar-refractivity contribution in [3.05, 3.63) is 35.4 Å². The van der Waals surface area contributed by atoms with Crippen LogP contribution in [0.2, 0.25) is 0 Å². The minimum Gasteiger partial charge on any atom is -0.293 e. The summed E-state index contributed by atoms with van der Waals surface area (Å²) in [6.07, 6.45) is 0.548. The van der Waals surface area contributed by atoms with Gasteiger partial charge >= 0.3 is 0 Å². The third kappa shape index (κ3) is 5.90. The van der Waals surface area contributed by atoms with Gasteiger partial charge in [-0.25, -0.2) is 0 Å². The number of Topliss-reactive ketones (excluding diaryl/α,β-unsaturated/α-hetero) is 1. The average Bonchev–Trinajstić information content (AvgIpc) is 2.39. The molecule has 0 fully saturated rings. The first-order valence-corrected chi connectivity index (χ1v) is 6.74. The molecule has 0 atom stereocenters. The minimum atomic E-state index is -0.181. The van der Waals surface area contributed by atoms with Crippen molar-refractivity contribution in [3.63, 3.8) is 0 Å². The van der Waals surface area contributed by atoms with Crippen LogP contribution in [-0.2, 0) is 4.79 Å². The van der Waals surface area contributed by atoms with Crippen LogP contribution >= 0.6 is 11.8 Å². The fourth-order valence-electron chi connectivity index (χ4n) is 1.32. The molecule has 0 aliphatic carbocycles. The summed E-state index contributed by atoms with van der Waals surface area (Å²) in [4.78, 5) is 22.1. The number of hydrogen-bond acceptors (Lipinski definition) is 4. The van der Waals surface area contributed by atoms with E-state index < -0.39 is 0 Å². The van der Waals surface area contributed by atoms with Crippen LogP contribution in [0.5, 0.6) is 0 Å². The molecule has 4 heteroatoms. The number of carbonyl (C=O) groups is 2. The van der Waals surface area contributed by atoms with Gasteiger partial charge in [-0.05, 0) is 12.1 Å². The van der Waals surface area contributed by atoms with Crippen LogP contribution < -0.4 is 0 Å². The fraction of sp³-hybridized carbons (Fsp3) is 0.267. The van der Waals surface area contributed by atoms with Gasteiger partial charge in [0.2, 0.25) is 0 Å². The lowest BCUT2D eigenvalue weighted by atomic mass is 10.1. The first-order valence-electron chi connectivity index (χ1n) is 5.76. The summed E-state index contributed by atoms with van der Waals surface area (Å²) in [7, 11) is 0. The molecule has 0 radical (unpaired) electrons. The number of thioether (sulfide) groups is 1. The normalized spacial score (nSPS) is 9.05. The van der Waals surface area contributed by atoms with Crippen LogP contribution in [0.25, 0.3) is 0 Å². The first-order chi connectivity index (χ1) is 9.13. The molecule has 0 saturated carbocycles. The molecule has 0 unspecified atom stereocenters. The highest BCUT2D eigenvalue weighted by molar-refractivity contribution is 8.13. The van der Waals surface area contributed by atoms with E-state index in [0.29, 0.717) is 17.7 Å². The van der Waals surface area contributed by atoms with Crippen molar-refractivity contribution in [2.75, 3.05) is 5.75 Å². The third-order valence-electron chi connectivity index (χ3n) is 2.21. The Morgan fingerprint density at radius 1 is 1.26 bits per heavy atom. The van der Waals surface area contributed by atoms with Gasteiger partial charge in [-0.3, -0.25) is 9.59 Å². The zero-order valence-electron chi connectivity index (χ0n) is 10.6. The second-order valence-corrected chi connectivity index (χ2v) is 5.00. The Hall–Kier alpha value is -2.04. The van der Waals surface area contributed by atoms with E-state index in [-0.39, 0.29) is 17.3 Å². The first kappa shape index (κ1) is 15.0. The summed E-state index contributed by atoms with van der Waals surface area (Å²) in [5.74, 6) is 6.45. The second kappa shape index (κ2) is 8.13. The molecule has 0 aliphatic rings. The number of nitriles is 1. The van der Waals surface area contributed by atoms with Crippen molar-refractivity contribution >= 4 is 22.7 Å². The number of rotatable bonds is 4. The highest BCUT2D eigenvalue weighted by atomic mass is 32.2. The lowest BCUT2D eigenvalue weighted by Gasteiger charge is -1.96. The Morgan fingerprint density at radius 3 is 2.53 bits per heavy atom. The van der Waals surface area contributed by atoms with E-state index in [4.69, 9.17) is 5.26 Å².